The molecule has 16 heavy (non-hydrogen) atoms. The maximum atomic E-state index is 6.15. The Bertz CT molecular complexity index is 304. The van der Waals surface area contributed by atoms with E-state index in [2.05, 4.69) is 5.10 Å². The fourth-order valence-electron chi connectivity index (χ4n) is 1.73. The first-order valence-corrected chi connectivity index (χ1v) is 5.52. The van der Waals surface area contributed by atoms with Crippen LogP contribution in [-0.2, 0) is 11.3 Å². The van der Waals surface area contributed by atoms with Crippen LogP contribution >= 0.6 is 0 Å². The summed E-state index contributed by atoms with van der Waals surface area (Å²) in [6, 6.07) is -0.118. The van der Waals surface area contributed by atoms with Crippen LogP contribution in [0.5, 0.6) is 5.75 Å². The summed E-state index contributed by atoms with van der Waals surface area (Å²) in [6.07, 6.45) is 2.58. The molecule has 0 bridgehead atoms. The zero-order valence-electron chi connectivity index (χ0n) is 10.4. The van der Waals surface area contributed by atoms with Gasteiger partial charge in [0.1, 0.15) is 0 Å². The number of aryl methyl sites for hydroxylation is 1. The normalized spacial score (nSPS) is 14.8. The lowest BCUT2D eigenvalue weighted by molar-refractivity contribution is 0.103. The second-order valence-corrected chi connectivity index (χ2v) is 3.80. The van der Waals surface area contributed by atoms with E-state index in [1.165, 1.54) is 0 Å². The van der Waals surface area contributed by atoms with Crippen LogP contribution < -0.4 is 10.5 Å². The Morgan fingerprint density at radius 1 is 1.50 bits per heavy atom. The van der Waals surface area contributed by atoms with E-state index in [9.17, 15) is 0 Å². The first-order valence-electron chi connectivity index (χ1n) is 5.52. The summed E-state index contributed by atoms with van der Waals surface area (Å²) in [7, 11) is 3.32. The summed E-state index contributed by atoms with van der Waals surface area (Å²) in [5.74, 6) is 0.748. The zero-order valence-corrected chi connectivity index (χ0v) is 10.4. The number of hydrogen-bond acceptors (Lipinski definition) is 4. The molecule has 0 amide bonds. The average Bonchev–Trinajstić information content (AvgIpc) is 2.71. The molecule has 2 unspecified atom stereocenters. The van der Waals surface area contributed by atoms with Gasteiger partial charge in [0.05, 0.1) is 31.1 Å². The molecule has 0 aliphatic heterocycles. The highest BCUT2D eigenvalue weighted by Gasteiger charge is 2.19. The molecule has 0 radical (unpaired) electrons. The molecule has 0 spiro atoms. The van der Waals surface area contributed by atoms with Gasteiger partial charge in [0.15, 0.2) is 5.75 Å². The predicted molar refractivity (Wildman–Crippen MR) is 62.5 cm³/mol. The van der Waals surface area contributed by atoms with Crippen molar-refractivity contribution in [3.63, 3.8) is 0 Å². The van der Waals surface area contributed by atoms with E-state index >= 15 is 0 Å². The van der Waals surface area contributed by atoms with Crippen LogP contribution in [0, 0.1) is 0 Å². The Balaban J connectivity index is 2.87. The first kappa shape index (κ1) is 13.0. The Kier molecular flexibility index (Phi) is 4.76. The van der Waals surface area contributed by atoms with E-state index in [0.29, 0.717) is 0 Å². The molecule has 0 saturated carbocycles. The SMILES string of the molecule is CCn1ncc(OC)c1C(N)CC(C)OC. The van der Waals surface area contributed by atoms with Crippen LogP contribution in [-0.4, -0.2) is 30.1 Å². The zero-order chi connectivity index (χ0) is 12.1. The number of aromatic nitrogens is 2. The van der Waals surface area contributed by atoms with Gasteiger partial charge in [-0.15, -0.1) is 0 Å². The van der Waals surface area contributed by atoms with Gasteiger partial charge in [0, 0.05) is 13.7 Å². The van der Waals surface area contributed by atoms with Crippen molar-refractivity contribution in [2.75, 3.05) is 14.2 Å². The number of nitrogens with two attached hydrogens (primary N) is 1. The third-order valence-corrected chi connectivity index (χ3v) is 2.70. The summed E-state index contributed by atoms with van der Waals surface area (Å²) >= 11 is 0. The molecule has 0 saturated heterocycles. The second-order valence-electron chi connectivity index (χ2n) is 3.80. The molecule has 5 nitrogen and oxygen atoms in total. The number of nitrogens with zero attached hydrogens (tertiary/aromatic N) is 2. The van der Waals surface area contributed by atoms with E-state index in [-0.39, 0.29) is 12.1 Å². The van der Waals surface area contributed by atoms with Gasteiger partial charge >= 0.3 is 0 Å². The van der Waals surface area contributed by atoms with Gasteiger partial charge in [-0.25, -0.2) is 0 Å². The minimum atomic E-state index is -0.118. The molecule has 1 rings (SSSR count). The molecule has 2 N–H and O–H groups in total. The third kappa shape index (κ3) is 2.74. The molecule has 1 aromatic heterocycles. The van der Waals surface area contributed by atoms with E-state index in [0.717, 1.165) is 24.4 Å². The molecule has 2 atom stereocenters. The monoisotopic (exact) mass is 227 g/mol. The maximum absolute atomic E-state index is 6.15. The van der Waals surface area contributed by atoms with Gasteiger partial charge in [-0.1, -0.05) is 0 Å². The highest BCUT2D eigenvalue weighted by molar-refractivity contribution is 5.28. The molecule has 5 heteroatoms. The van der Waals surface area contributed by atoms with Crippen LogP contribution in [0.15, 0.2) is 6.20 Å². The fourth-order valence-corrected chi connectivity index (χ4v) is 1.73. The highest BCUT2D eigenvalue weighted by Crippen LogP contribution is 2.26. The molecule has 1 aromatic rings. The minimum Gasteiger partial charge on any atom is -0.493 e. The Labute approximate surface area is 96.5 Å². The van der Waals surface area contributed by atoms with Crippen molar-refractivity contribution in [3.05, 3.63) is 11.9 Å². The quantitative estimate of drug-likeness (QED) is 0.796. The number of methoxy groups -OCH3 is 2. The van der Waals surface area contributed by atoms with Gasteiger partial charge in [0.2, 0.25) is 0 Å². The molecular weight excluding hydrogens is 206 g/mol. The third-order valence-electron chi connectivity index (χ3n) is 2.70. The molecular formula is C11H21N3O2. The topological polar surface area (TPSA) is 62.3 Å². The van der Waals surface area contributed by atoms with Crippen LogP contribution in [0.3, 0.4) is 0 Å². The lowest BCUT2D eigenvalue weighted by Gasteiger charge is -2.18. The van der Waals surface area contributed by atoms with Crippen molar-refractivity contribution >= 4 is 0 Å². The maximum Gasteiger partial charge on any atom is 0.161 e. The number of rotatable bonds is 6. The first-order chi connectivity index (χ1) is 7.63. The van der Waals surface area contributed by atoms with E-state index in [1.807, 2.05) is 18.5 Å². The summed E-state index contributed by atoms with van der Waals surface area (Å²) < 4.78 is 12.3. The van der Waals surface area contributed by atoms with Gasteiger partial charge in [0.25, 0.3) is 0 Å². The Morgan fingerprint density at radius 2 is 2.19 bits per heavy atom. The van der Waals surface area contributed by atoms with Crippen molar-refractivity contribution in [1.82, 2.24) is 9.78 Å². The summed E-state index contributed by atoms with van der Waals surface area (Å²) in [4.78, 5) is 0. The molecule has 1 heterocycles. The fraction of sp³-hybridized carbons (Fsp3) is 0.727. The minimum absolute atomic E-state index is 0.118. The Morgan fingerprint density at radius 3 is 2.69 bits per heavy atom. The van der Waals surface area contributed by atoms with Crippen LogP contribution in [0.1, 0.15) is 32.0 Å². The van der Waals surface area contributed by atoms with Crippen molar-refractivity contribution in [1.29, 1.82) is 0 Å². The van der Waals surface area contributed by atoms with Gasteiger partial charge in [-0.3, -0.25) is 4.68 Å². The largest absolute Gasteiger partial charge is 0.493 e. The summed E-state index contributed by atoms with van der Waals surface area (Å²) in [5.41, 5.74) is 7.09. The summed E-state index contributed by atoms with van der Waals surface area (Å²) in [6.45, 7) is 4.81. The molecule has 0 fully saturated rings. The van der Waals surface area contributed by atoms with Gasteiger partial charge in [-0.05, 0) is 20.3 Å². The second kappa shape index (κ2) is 5.86. The molecule has 92 valence electrons. The standard InChI is InChI=1S/C11H21N3O2/c1-5-14-11(10(16-4)7-13-14)9(12)6-8(2)15-3/h7-9H,5-6,12H2,1-4H3. The highest BCUT2D eigenvalue weighted by atomic mass is 16.5. The number of hydrogen-bond donors (Lipinski definition) is 1. The van der Waals surface area contributed by atoms with Crippen molar-refractivity contribution < 1.29 is 9.47 Å². The lowest BCUT2D eigenvalue weighted by Crippen LogP contribution is -2.21. The van der Waals surface area contributed by atoms with Gasteiger partial charge < -0.3 is 15.2 Å². The van der Waals surface area contributed by atoms with Crippen molar-refractivity contribution in [2.45, 2.75) is 39.0 Å². The van der Waals surface area contributed by atoms with E-state index in [4.69, 9.17) is 15.2 Å². The molecule has 0 aliphatic rings. The van der Waals surface area contributed by atoms with Crippen LogP contribution in [0.4, 0.5) is 0 Å². The van der Waals surface area contributed by atoms with Crippen molar-refractivity contribution in [2.24, 2.45) is 5.73 Å². The van der Waals surface area contributed by atoms with Crippen molar-refractivity contribution in [3.8, 4) is 5.75 Å². The van der Waals surface area contributed by atoms with Crippen LogP contribution in [0.2, 0.25) is 0 Å². The number of ether oxygens (including phenoxy) is 2. The smallest absolute Gasteiger partial charge is 0.161 e. The lowest BCUT2D eigenvalue weighted by atomic mass is 10.1. The molecule has 0 aliphatic carbocycles. The Hall–Kier alpha value is -1.07. The summed E-state index contributed by atoms with van der Waals surface area (Å²) in [5, 5.41) is 4.23. The predicted octanol–water partition coefficient (Wildman–Crippen LogP) is 1.34. The average molecular weight is 227 g/mol. The van der Waals surface area contributed by atoms with Crippen LogP contribution in [0.25, 0.3) is 0 Å². The van der Waals surface area contributed by atoms with E-state index in [1.54, 1.807) is 20.4 Å². The molecule has 0 aromatic carbocycles. The van der Waals surface area contributed by atoms with Gasteiger partial charge in [-0.2, -0.15) is 5.10 Å². The van der Waals surface area contributed by atoms with E-state index < -0.39 is 0 Å².